The van der Waals surface area contributed by atoms with Gasteiger partial charge in [-0.2, -0.15) is 8.78 Å². The zero-order valence-corrected chi connectivity index (χ0v) is 16.0. The van der Waals surface area contributed by atoms with E-state index in [1.165, 1.54) is 22.0 Å². The fraction of sp³-hybridized carbons (Fsp3) is 0.250. The van der Waals surface area contributed by atoms with E-state index in [1.807, 2.05) is 13.8 Å². The van der Waals surface area contributed by atoms with Gasteiger partial charge in [-0.15, -0.1) is 11.3 Å². The summed E-state index contributed by atoms with van der Waals surface area (Å²) < 4.78 is 30.7. The molecule has 0 bridgehead atoms. The monoisotopic (exact) mass is 413 g/mol. The Bertz CT molecular complexity index is 1110. The number of nitro benzene ring substituents is 1. The van der Waals surface area contributed by atoms with Gasteiger partial charge in [0.1, 0.15) is 4.83 Å². The van der Waals surface area contributed by atoms with Crippen LogP contribution in [0.25, 0.3) is 10.2 Å². The van der Waals surface area contributed by atoms with Gasteiger partial charge >= 0.3 is 12.3 Å². The number of hydrogen-bond acceptors (Lipinski definition) is 7. The minimum absolute atomic E-state index is 0.213. The van der Waals surface area contributed by atoms with Crippen molar-refractivity contribution in [1.82, 2.24) is 9.55 Å². The number of rotatable bonds is 5. The molecule has 0 radical (unpaired) electrons. The van der Waals surface area contributed by atoms with Gasteiger partial charge in [0.15, 0.2) is 5.16 Å². The van der Waals surface area contributed by atoms with Crippen molar-refractivity contribution < 1.29 is 18.4 Å². The molecule has 2 aromatic heterocycles. The van der Waals surface area contributed by atoms with Crippen LogP contribution in [-0.2, 0) is 7.05 Å². The van der Waals surface area contributed by atoms with Crippen LogP contribution in [0.3, 0.4) is 0 Å². The van der Waals surface area contributed by atoms with Gasteiger partial charge in [-0.1, -0.05) is 11.8 Å². The lowest BCUT2D eigenvalue weighted by Crippen LogP contribution is -2.19. The van der Waals surface area contributed by atoms with E-state index in [4.69, 9.17) is 0 Å². The first-order valence-corrected chi connectivity index (χ1v) is 9.20. The Hall–Kier alpha value is -2.53. The largest absolute Gasteiger partial charge is 0.427 e. The van der Waals surface area contributed by atoms with E-state index in [-0.39, 0.29) is 5.56 Å². The standard InChI is InChI=1S/C16H13F2N3O4S2/c1-7-8(2)26-13-12(7)14(22)20(3)16(19-13)27-9-4-5-10(21(23)24)11(6-9)25-15(17)18/h4-6,15H,1-3H3. The van der Waals surface area contributed by atoms with Crippen LogP contribution in [0.15, 0.2) is 33.0 Å². The van der Waals surface area contributed by atoms with E-state index in [0.717, 1.165) is 34.3 Å². The lowest BCUT2D eigenvalue weighted by molar-refractivity contribution is -0.386. The molecular formula is C16H13F2N3O4S2. The highest BCUT2D eigenvalue weighted by Gasteiger charge is 2.21. The van der Waals surface area contributed by atoms with Crippen LogP contribution in [0.5, 0.6) is 5.75 Å². The van der Waals surface area contributed by atoms with E-state index in [1.54, 1.807) is 7.05 Å². The first-order chi connectivity index (χ1) is 12.7. The number of aromatic nitrogens is 2. The minimum atomic E-state index is -3.19. The van der Waals surface area contributed by atoms with Gasteiger partial charge in [0.25, 0.3) is 5.56 Å². The Balaban J connectivity index is 2.06. The van der Waals surface area contributed by atoms with E-state index in [0.29, 0.717) is 20.3 Å². The zero-order valence-electron chi connectivity index (χ0n) is 14.4. The van der Waals surface area contributed by atoms with Crippen LogP contribution in [0.1, 0.15) is 10.4 Å². The summed E-state index contributed by atoms with van der Waals surface area (Å²) in [5.74, 6) is -0.547. The van der Waals surface area contributed by atoms with Gasteiger partial charge in [0, 0.05) is 29.0 Å². The number of benzene rings is 1. The third-order valence-electron chi connectivity index (χ3n) is 3.92. The third-order valence-corrected chi connectivity index (χ3v) is 6.06. The van der Waals surface area contributed by atoms with E-state index >= 15 is 0 Å². The number of halogens is 2. The molecule has 0 saturated heterocycles. The smallest absolute Gasteiger partial charge is 0.387 e. The van der Waals surface area contributed by atoms with Gasteiger partial charge in [-0.25, -0.2) is 4.98 Å². The highest BCUT2D eigenvalue weighted by atomic mass is 32.2. The van der Waals surface area contributed by atoms with Crippen molar-refractivity contribution >= 4 is 39.0 Å². The molecule has 0 fully saturated rings. The summed E-state index contributed by atoms with van der Waals surface area (Å²) in [6.07, 6.45) is 0. The van der Waals surface area contributed by atoms with Crippen molar-refractivity contribution in [2.45, 2.75) is 30.5 Å². The number of alkyl halides is 2. The minimum Gasteiger partial charge on any atom is -0.427 e. The van der Waals surface area contributed by atoms with Crippen molar-refractivity contribution in [1.29, 1.82) is 0 Å². The Morgan fingerprint density at radius 2 is 2.07 bits per heavy atom. The third kappa shape index (κ3) is 3.65. The lowest BCUT2D eigenvalue weighted by atomic mass is 10.2. The maximum absolute atomic E-state index is 12.6. The van der Waals surface area contributed by atoms with Gasteiger partial charge in [-0.05, 0) is 25.5 Å². The molecule has 3 rings (SSSR count). The van der Waals surface area contributed by atoms with Crippen molar-refractivity contribution in [2.24, 2.45) is 7.05 Å². The molecule has 0 aliphatic rings. The molecular weight excluding hydrogens is 400 g/mol. The van der Waals surface area contributed by atoms with Crippen LogP contribution in [0.2, 0.25) is 0 Å². The second-order valence-electron chi connectivity index (χ2n) is 5.59. The summed E-state index contributed by atoms with van der Waals surface area (Å²) >= 11 is 2.42. The fourth-order valence-corrected chi connectivity index (χ4v) is 4.40. The second-order valence-corrected chi connectivity index (χ2v) is 7.83. The second kappa shape index (κ2) is 7.24. The first kappa shape index (κ1) is 19.2. The average Bonchev–Trinajstić information content (AvgIpc) is 2.86. The lowest BCUT2D eigenvalue weighted by Gasteiger charge is -2.09. The fourth-order valence-electron chi connectivity index (χ4n) is 2.45. The van der Waals surface area contributed by atoms with Crippen LogP contribution in [0.4, 0.5) is 14.5 Å². The summed E-state index contributed by atoms with van der Waals surface area (Å²) in [4.78, 5) is 29.2. The molecule has 27 heavy (non-hydrogen) atoms. The molecule has 0 aliphatic carbocycles. The highest BCUT2D eigenvalue weighted by Crippen LogP contribution is 2.36. The van der Waals surface area contributed by atoms with Gasteiger partial charge in [0.2, 0.25) is 5.75 Å². The number of thiophene rings is 1. The SMILES string of the molecule is Cc1sc2nc(Sc3ccc([N+](=O)[O-])c(OC(F)F)c3)n(C)c(=O)c2c1C. The highest BCUT2D eigenvalue weighted by molar-refractivity contribution is 7.99. The molecule has 0 spiro atoms. The maximum Gasteiger partial charge on any atom is 0.387 e. The Kier molecular flexibility index (Phi) is 5.16. The molecule has 0 N–H and O–H groups in total. The summed E-state index contributed by atoms with van der Waals surface area (Å²) in [6.45, 7) is 0.562. The molecule has 0 atom stereocenters. The molecule has 1 aromatic carbocycles. The van der Waals surface area contributed by atoms with Crippen LogP contribution in [-0.4, -0.2) is 21.1 Å². The Morgan fingerprint density at radius 3 is 2.70 bits per heavy atom. The van der Waals surface area contributed by atoms with Crippen LogP contribution in [0, 0.1) is 24.0 Å². The summed E-state index contributed by atoms with van der Waals surface area (Å²) in [6, 6.07) is 3.61. The number of hydrogen-bond donors (Lipinski definition) is 0. The molecule has 2 heterocycles. The summed E-state index contributed by atoms with van der Waals surface area (Å²) in [5.41, 5.74) is 0.0966. The number of aryl methyl sites for hydroxylation is 2. The van der Waals surface area contributed by atoms with Crippen molar-refractivity contribution in [3.63, 3.8) is 0 Å². The molecule has 0 amide bonds. The van der Waals surface area contributed by atoms with Gasteiger partial charge < -0.3 is 4.74 Å². The molecule has 0 aliphatic heterocycles. The van der Waals surface area contributed by atoms with E-state index in [2.05, 4.69) is 9.72 Å². The van der Waals surface area contributed by atoms with Gasteiger partial charge in [0.05, 0.1) is 10.3 Å². The maximum atomic E-state index is 12.6. The molecule has 0 unspecified atom stereocenters. The number of ether oxygens (including phenoxy) is 1. The van der Waals surface area contributed by atoms with E-state index in [9.17, 15) is 23.7 Å². The Morgan fingerprint density at radius 1 is 1.37 bits per heavy atom. The van der Waals surface area contributed by atoms with E-state index < -0.39 is 23.0 Å². The van der Waals surface area contributed by atoms with Gasteiger partial charge in [-0.3, -0.25) is 19.5 Å². The quantitative estimate of drug-likeness (QED) is 0.353. The van der Waals surface area contributed by atoms with Crippen LogP contribution < -0.4 is 10.3 Å². The molecule has 7 nitrogen and oxygen atoms in total. The molecule has 142 valence electrons. The van der Waals surface area contributed by atoms with Crippen molar-refractivity contribution in [3.05, 3.63) is 49.1 Å². The van der Waals surface area contributed by atoms with Crippen molar-refractivity contribution in [2.75, 3.05) is 0 Å². The summed E-state index contributed by atoms with van der Waals surface area (Å²) in [7, 11) is 1.56. The molecule has 0 saturated carbocycles. The number of nitro groups is 1. The molecule has 11 heteroatoms. The first-order valence-electron chi connectivity index (χ1n) is 7.57. The summed E-state index contributed by atoms with van der Waals surface area (Å²) in [5, 5.41) is 11.9. The van der Waals surface area contributed by atoms with Crippen LogP contribution >= 0.6 is 23.1 Å². The Labute approximate surface area is 159 Å². The van der Waals surface area contributed by atoms with Crippen molar-refractivity contribution in [3.8, 4) is 5.75 Å². The molecule has 3 aromatic rings. The topological polar surface area (TPSA) is 87.3 Å². The predicted octanol–water partition coefficient (Wildman–Crippen LogP) is 4.27. The predicted molar refractivity (Wildman–Crippen MR) is 98.2 cm³/mol. The zero-order chi connectivity index (χ0) is 19.9. The number of nitrogens with zero attached hydrogens (tertiary/aromatic N) is 3. The normalized spacial score (nSPS) is 11.3. The average molecular weight is 413 g/mol. The number of fused-ring (bicyclic) bond motifs is 1.